The molecule has 0 bridgehead atoms. The molecule has 2 aromatic rings. The van der Waals surface area contributed by atoms with Crippen LogP contribution in [0.1, 0.15) is 15.9 Å². The topological polar surface area (TPSA) is 55.8 Å². The fourth-order valence-electron chi connectivity index (χ4n) is 1.55. The van der Waals surface area contributed by atoms with Gasteiger partial charge in [-0.2, -0.15) is 4.89 Å². The first-order valence-corrected chi connectivity index (χ1v) is 5.92. The molecule has 0 aliphatic carbocycles. The van der Waals surface area contributed by atoms with Crippen LogP contribution in [0.4, 0.5) is 0 Å². The monoisotopic (exact) mass is 258 g/mol. The van der Waals surface area contributed by atoms with E-state index in [0.29, 0.717) is 18.6 Å². The molecule has 0 saturated heterocycles. The predicted molar refractivity (Wildman–Crippen MR) is 69.6 cm³/mol. The number of carbonyl (C=O) groups excluding carboxylic acids is 1. The summed E-state index contributed by atoms with van der Waals surface area (Å²) in [5, 5.41) is 9.10. The van der Waals surface area contributed by atoms with Crippen molar-refractivity contribution in [1.29, 1.82) is 0 Å². The van der Waals surface area contributed by atoms with Crippen molar-refractivity contribution in [2.24, 2.45) is 0 Å². The zero-order valence-corrected chi connectivity index (χ0v) is 10.3. The Kier molecular flexibility index (Phi) is 4.53. The van der Waals surface area contributed by atoms with E-state index >= 15 is 0 Å². The number of benzene rings is 2. The summed E-state index contributed by atoms with van der Waals surface area (Å²) in [5.74, 6) is -0.477. The van der Waals surface area contributed by atoms with Gasteiger partial charge in [-0.15, -0.1) is 0 Å². The maximum Gasteiger partial charge on any atom is 0.373 e. The molecule has 0 heterocycles. The number of hydrogen-bond donors (Lipinski definition) is 1. The van der Waals surface area contributed by atoms with Crippen molar-refractivity contribution in [2.75, 3.05) is 6.61 Å². The number of phenols is 1. The van der Waals surface area contributed by atoms with Gasteiger partial charge in [-0.1, -0.05) is 30.3 Å². The van der Waals surface area contributed by atoms with Crippen LogP contribution in [0.25, 0.3) is 0 Å². The van der Waals surface area contributed by atoms with Gasteiger partial charge in [-0.25, -0.2) is 4.79 Å². The van der Waals surface area contributed by atoms with Gasteiger partial charge in [0.05, 0.1) is 12.2 Å². The van der Waals surface area contributed by atoms with Crippen LogP contribution in [0.5, 0.6) is 5.75 Å². The fourth-order valence-corrected chi connectivity index (χ4v) is 1.55. The standard InChI is InChI=1S/C15H14O4/c16-14-8-6-13(7-9-14)15(17)19-18-11-10-12-4-2-1-3-5-12/h1-9,16H,10-11H2. The largest absolute Gasteiger partial charge is 0.508 e. The van der Waals surface area contributed by atoms with Gasteiger partial charge < -0.3 is 5.11 Å². The molecule has 0 saturated carbocycles. The number of carbonyl (C=O) groups is 1. The SMILES string of the molecule is O=C(OOCCc1ccccc1)c1ccc(O)cc1. The van der Waals surface area contributed by atoms with E-state index in [2.05, 4.69) is 4.89 Å². The highest BCUT2D eigenvalue weighted by atomic mass is 17.2. The van der Waals surface area contributed by atoms with Crippen LogP contribution < -0.4 is 0 Å². The molecule has 4 heteroatoms. The summed E-state index contributed by atoms with van der Waals surface area (Å²) in [6, 6.07) is 15.6. The minimum Gasteiger partial charge on any atom is -0.508 e. The van der Waals surface area contributed by atoms with Crippen LogP contribution in [0.2, 0.25) is 0 Å². The van der Waals surface area contributed by atoms with Crippen molar-refractivity contribution >= 4 is 5.97 Å². The van der Waals surface area contributed by atoms with E-state index in [4.69, 9.17) is 9.99 Å². The normalized spacial score (nSPS) is 10.1. The molecule has 0 aromatic heterocycles. The van der Waals surface area contributed by atoms with Gasteiger partial charge in [0.15, 0.2) is 0 Å². The van der Waals surface area contributed by atoms with E-state index in [9.17, 15) is 4.79 Å². The first kappa shape index (κ1) is 13.1. The summed E-state index contributed by atoms with van der Waals surface area (Å²) >= 11 is 0. The third-order valence-corrected chi connectivity index (χ3v) is 2.55. The highest BCUT2D eigenvalue weighted by Gasteiger charge is 2.07. The molecule has 0 spiro atoms. The second kappa shape index (κ2) is 6.56. The summed E-state index contributed by atoms with van der Waals surface area (Å²) in [5.41, 5.74) is 1.45. The van der Waals surface area contributed by atoms with Crippen molar-refractivity contribution in [3.8, 4) is 5.75 Å². The minimum atomic E-state index is -0.576. The van der Waals surface area contributed by atoms with Crippen LogP contribution in [0.15, 0.2) is 54.6 Å². The zero-order valence-electron chi connectivity index (χ0n) is 10.3. The fraction of sp³-hybridized carbons (Fsp3) is 0.133. The maximum atomic E-state index is 11.5. The maximum absolute atomic E-state index is 11.5. The average Bonchev–Trinajstić information content (AvgIpc) is 2.45. The Hall–Kier alpha value is -2.33. The third-order valence-electron chi connectivity index (χ3n) is 2.55. The Morgan fingerprint density at radius 3 is 2.37 bits per heavy atom. The molecule has 2 aromatic carbocycles. The molecule has 0 fully saturated rings. The average molecular weight is 258 g/mol. The van der Waals surface area contributed by atoms with Crippen LogP contribution in [0, 0.1) is 0 Å². The summed E-state index contributed by atoms with van der Waals surface area (Å²) in [7, 11) is 0. The lowest BCUT2D eigenvalue weighted by Crippen LogP contribution is -2.08. The Bertz CT molecular complexity index is 520. The molecule has 98 valence electrons. The van der Waals surface area contributed by atoms with Crippen molar-refractivity contribution < 1.29 is 19.7 Å². The quantitative estimate of drug-likeness (QED) is 0.509. The van der Waals surface area contributed by atoms with Crippen molar-refractivity contribution in [3.63, 3.8) is 0 Å². The first-order valence-electron chi connectivity index (χ1n) is 5.92. The smallest absolute Gasteiger partial charge is 0.373 e. The van der Waals surface area contributed by atoms with E-state index < -0.39 is 5.97 Å². The highest BCUT2D eigenvalue weighted by Crippen LogP contribution is 2.10. The zero-order chi connectivity index (χ0) is 13.5. The Morgan fingerprint density at radius 1 is 1.00 bits per heavy atom. The van der Waals surface area contributed by atoms with Gasteiger partial charge >= 0.3 is 5.97 Å². The Balaban J connectivity index is 1.74. The van der Waals surface area contributed by atoms with Crippen LogP contribution in [-0.4, -0.2) is 17.7 Å². The summed E-state index contributed by atoms with van der Waals surface area (Å²) in [6.45, 7) is 0.299. The summed E-state index contributed by atoms with van der Waals surface area (Å²) in [4.78, 5) is 21.1. The number of rotatable bonds is 5. The molecule has 4 nitrogen and oxygen atoms in total. The Labute approximate surface area is 111 Å². The first-order chi connectivity index (χ1) is 9.25. The molecule has 0 amide bonds. The van der Waals surface area contributed by atoms with Gasteiger partial charge in [-0.05, 0) is 36.2 Å². The second-order valence-corrected chi connectivity index (χ2v) is 3.98. The second-order valence-electron chi connectivity index (χ2n) is 3.98. The third kappa shape index (κ3) is 4.12. The number of aromatic hydroxyl groups is 1. The van der Waals surface area contributed by atoms with Crippen LogP contribution >= 0.6 is 0 Å². The molecule has 0 unspecified atom stereocenters. The van der Waals surface area contributed by atoms with Gasteiger partial charge in [0.25, 0.3) is 0 Å². The highest BCUT2D eigenvalue weighted by molar-refractivity contribution is 5.89. The van der Waals surface area contributed by atoms with E-state index in [1.54, 1.807) is 0 Å². The molecule has 0 atom stereocenters. The van der Waals surface area contributed by atoms with E-state index in [-0.39, 0.29) is 5.75 Å². The van der Waals surface area contributed by atoms with Gasteiger partial charge in [0, 0.05) is 0 Å². The van der Waals surface area contributed by atoms with E-state index in [1.165, 1.54) is 24.3 Å². The molecule has 0 aliphatic heterocycles. The number of phenolic OH excluding ortho intramolecular Hbond substituents is 1. The molecule has 0 radical (unpaired) electrons. The van der Waals surface area contributed by atoms with Gasteiger partial charge in [0.2, 0.25) is 0 Å². The Morgan fingerprint density at radius 2 is 1.68 bits per heavy atom. The van der Waals surface area contributed by atoms with Gasteiger partial charge in [0.1, 0.15) is 5.75 Å². The van der Waals surface area contributed by atoms with E-state index in [0.717, 1.165) is 5.56 Å². The van der Waals surface area contributed by atoms with Crippen molar-refractivity contribution in [2.45, 2.75) is 6.42 Å². The summed E-state index contributed by atoms with van der Waals surface area (Å²) in [6.07, 6.45) is 0.670. The molecular formula is C15H14O4. The van der Waals surface area contributed by atoms with Crippen molar-refractivity contribution in [1.82, 2.24) is 0 Å². The predicted octanol–water partition coefficient (Wildman–Crippen LogP) is 2.72. The lowest BCUT2D eigenvalue weighted by molar-refractivity contribution is -0.239. The molecule has 1 N–H and O–H groups in total. The van der Waals surface area contributed by atoms with Crippen molar-refractivity contribution in [3.05, 3.63) is 65.7 Å². The lowest BCUT2D eigenvalue weighted by Gasteiger charge is -2.04. The molecule has 0 aliphatic rings. The minimum absolute atomic E-state index is 0.0987. The molecule has 19 heavy (non-hydrogen) atoms. The van der Waals surface area contributed by atoms with E-state index in [1.807, 2.05) is 30.3 Å². The summed E-state index contributed by atoms with van der Waals surface area (Å²) < 4.78 is 0. The van der Waals surface area contributed by atoms with Crippen LogP contribution in [0.3, 0.4) is 0 Å². The van der Waals surface area contributed by atoms with Gasteiger partial charge in [-0.3, -0.25) is 4.89 Å². The number of hydrogen-bond acceptors (Lipinski definition) is 4. The molecule has 2 rings (SSSR count). The van der Waals surface area contributed by atoms with Crippen LogP contribution in [-0.2, 0) is 16.2 Å². The molecular weight excluding hydrogens is 244 g/mol. The lowest BCUT2D eigenvalue weighted by atomic mass is 10.2.